The molecule has 0 aromatic rings. The maximum absolute atomic E-state index is 12.1. The van der Waals surface area contributed by atoms with E-state index < -0.39 is 37.1 Å². The summed E-state index contributed by atoms with van der Waals surface area (Å²) < 4.78 is 85.7. The first-order chi connectivity index (χ1) is 8.98. The summed E-state index contributed by atoms with van der Waals surface area (Å²) in [6.45, 7) is -1.26. The highest BCUT2D eigenvalue weighted by atomic mass is 19.4. The average molecular weight is 313 g/mol. The molecule has 0 N–H and O–H groups in total. The molecule has 0 spiro atoms. The lowest BCUT2D eigenvalue weighted by molar-refractivity contribution is -0.574. The van der Waals surface area contributed by atoms with Crippen molar-refractivity contribution < 1.29 is 50.5 Å². The van der Waals surface area contributed by atoms with Gasteiger partial charge in [-0.05, 0) is 0 Å². The number of halogens is 6. The minimum absolute atomic E-state index is 0.00485. The summed E-state index contributed by atoms with van der Waals surface area (Å²) >= 11 is 0. The van der Waals surface area contributed by atoms with E-state index in [1.165, 1.54) is 7.11 Å². The first-order valence-electron chi connectivity index (χ1n) is 5.06. The molecule has 0 aromatic carbocycles. The molecule has 11 heteroatoms. The van der Waals surface area contributed by atoms with Gasteiger partial charge in [0.1, 0.15) is 6.61 Å². The van der Waals surface area contributed by atoms with E-state index in [-0.39, 0.29) is 13.2 Å². The van der Waals surface area contributed by atoms with Gasteiger partial charge in [-0.3, -0.25) is 4.79 Å². The number of methoxy groups -OCH3 is 1. The predicted molar refractivity (Wildman–Crippen MR) is 48.5 cm³/mol. The lowest BCUT2D eigenvalue weighted by atomic mass is 10.0. The monoisotopic (exact) mass is 313 g/mol. The highest BCUT2D eigenvalue weighted by Crippen LogP contribution is 2.41. The Morgan fingerprint density at radius 1 is 0.950 bits per heavy atom. The summed E-state index contributed by atoms with van der Waals surface area (Å²) in [5.74, 6) is -2.96. The molecule has 0 aliphatic carbocycles. The Morgan fingerprint density at radius 2 is 1.40 bits per heavy atom. The van der Waals surface area contributed by atoms with Crippen LogP contribution in [-0.2, 0) is 19.0 Å². The molecular formula is C9H11F6O5-. The molecular weight excluding hydrogens is 302 g/mol. The fourth-order valence-corrected chi connectivity index (χ4v) is 0.931. The van der Waals surface area contributed by atoms with Crippen molar-refractivity contribution in [3.8, 4) is 0 Å². The Hall–Kier alpha value is -1.07. The summed E-state index contributed by atoms with van der Waals surface area (Å²) in [5.41, 5.74) is -5.81. The van der Waals surface area contributed by atoms with Gasteiger partial charge >= 0.3 is 18.3 Å². The fraction of sp³-hybridized carbons (Fsp3) is 0.889. The summed E-state index contributed by atoms with van der Waals surface area (Å²) in [6, 6.07) is 0. The molecule has 0 saturated carbocycles. The van der Waals surface area contributed by atoms with Gasteiger partial charge in [-0.15, -0.1) is 0 Å². The molecule has 0 heterocycles. The smallest absolute Gasteiger partial charge is 0.399 e. The molecule has 0 rings (SSSR count). The number of rotatable bonds is 7. The van der Waals surface area contributed by atoms with Gasteiger partial charge in [-0.25, -0.2) is 0 Å². The van der Waals surface area contributed by atoms with Crippen molar-refractivity contribution in [1.82, 2.24) is 0 Å². The molecule has 0 fully saturated rings. The maximum atomic E-state index is 12.1. The van der Waals surface area contributed by atoms with Crippen molar-refractivity contribution in [2.24, 2.45) is 0 Å². The molecule has 0 aliphatic rings. The van der Waals surface area contributed by atoms with Crippen LogP contribution in [0.25, 0.3) is 0 Å². The first kappa shape index (κ1) is 18.9. The van der Waals surface area contributed by atoms with Crippen molar-refractivity contribution in [1.29, 1.82) is 0 Å². The van der Waals surface area contributed by atoms with Gasteiger partial charge in [0.05, 0.1) is 19.8 Å². The molecule has 0 amide bonds. The third-order valence-electron chi connectivity index (χ3n) is 1.98. The van der Waals surface area contributed by atoms with Gasteiger partial charge in [0.15, 0.2) is 5.60 Å². The number of ether oxygens (including phenoxy) is 3. The second-order valence-corrected chi connectivity index (χ2v) is 3.42. The number of alkyl halides is 6. The van der Waals surface area contributed by atoms with E-state index >= 15 is 0 Å². The number of carbonyl (C=O) groups excluding carboxylic acids is 1. The molecule has 0 bridgehead atoms. The van der Waals surface area contributed by atoms with E-state index in [2.05, 4.69) is 14.2 Å². The lowest BCUT2D eigenvalue weighted by Gasteiger charge is -2.40. The van der Waals surface area contributed by atoms with Crippen LogP contribution >= 0.6 is 0 Å². The van der Waals surface area contributed by atoms with Crippen LogP contribution in [0.2, 0.25) is 0 Å². The molecule has 0 radical (unpaired) electrons. The summed E-state index contributed by atoms with van der Waals surface area (Å²) in [4.78, 5) is 10.8. The van der Waals surface area contributed by atoms with Crippen molar-refractivity contribution >= 4 is 5.97 Å². The third kappa shape index (κ3) is 4.49. The van der Waals surface area contributed by atoms with Crippen molar-refractivity contribution in [3.05, 3.63) is 0 Å². The summed E-state index contributed by atoms with van der Waals surface area (Å²) in [6.07, 6.45) is -12.7. The Morgan fingerprint density at radius 3 is 1.80 bits per heavy atom. The van der Waals surface area contributed by atoms with Crippen LogP contribution in [-0.4, -0.2) is 57.5 Å². The highest BCUT2D eigenvalue weighted by Gasteiger charge is 2.68. The Balaban J connectivity index is 4.54. The average Bonchev–Trinajstić information content (AvgIpc) is 2.29. The molecule has 0 aromatic heterocycles. The second kappa shape index (κ2) is 7.09. The maximum Gasteiger partial charge on any atom is 0.399 e. The van der Waals surface area contributed by atoms with E-state index in [0.717, 1.165) is 0 Å². The Kier molecular flexibility index (Phi) is 6.71. The van der Waals surface area contributed by atoms with Crippen molar-refractivity contribution in [3.63, 3.8) is 0 Å². The highest BCUT2D eigenvalue weighted by molar-refractivity contribution is 5.81. The fourth-order valence-electron chi connectivity index (χ4n) is 0.931. The Labute approximate surface area is 109 Å². The number of carbonyl (C=O) groups is 1. The quantitative estimate of drug-likeness (QED) is 0.387. The van der Waals surface area contributed by atoms with E-state index in [1.807, 2.05) is 0 Å². The van der Waals surface area contributed by atoms with Gasteiger partial charge in [0.25, 0.3) is 0 Å². The van der Waals surface area contributed by atoms with Crippen molar-refractivity contribution in [2.45, 2.75) is 18.0 Å². The van der Waals surface area contributed by atoms with Gasteiger partial charge in [-0.2, -0.15) is 26.3 Å². The van der Waals surface area contributed by atoms with Crippen LogP contribution < -0.4 is 5.11 Å². The largest absolute Gasteiger partial charge is 0.828 e. The van der Waals surface area contributed by atoms with Crippen LogP contribution in [0, 0.1) is 0 Å². The van der Waals surface area contributed by atoms with Crippen LogP contribution in [0.4, 0.5) is 26.3 Å². The minimum Gasteiger partial charge on any atom is -0.828 e. The molecule has 0 unspecified atom stereocenters. The van der Waals surface area contributed by atoms with Gasteiger partial charge in [-0.1, -0.05) is 0 Å². The van der Waals surface area contributed by atoms with Crippen LogP contribution in [0.3, 0.4) is 0 Å². The van der Waals surface area contributed by atoms with Gasteiger partial charge in [0, 0.05) is 7.11 Å². The van der Waals surface area contributed by atoms with Gasteiger partial charge in [0.2, 0.25) is 0 Å². The first-order valence-corrected chi connectivity index (χ1v) is 5.06. The van der Waals surface area contributed by atoms with E-state index in [9.17, 15) is 36.2 Å². The molecule has 20 heavy (non-hydrogen) atoms. The van der Waals surface area contributed by atoms with Crippen molar-refractivity contribution in [2.75, 3.05) is 33.5 Å². The van der Waals surface area contributed by atoms with Crippen LogP contribution in [0.5, 0.6) is 0 Å². The molecule has 0 saturated heterocycles. The number of hydrogen-bond acceptors (Lipinski definition) is 5. The normalized spacial score (nSPS) is 13.4. The predicted octanol–water partition coefficient (Wildman–Crippen LogP) is 0.416. The van der Waals surface area contributed by atoms with E-state index in [0.29, 0.717) is 0 Å². The zero-order chi connectivity index (χ0) is 16.0. The van der Waals surface area contributed by atoms with E-state index in [4.69, 9.17) is 0 Å². The zero-order valence-electron chi connectivity index (χ0n) is 10.1. The zero-order valence-corrected chi connectivity index (χ0v) is 10.1. The topological polar surface area (TPSA) is 67.8 Å². The molecule has 0 atom stereocenters. The lowest BCUT2D eigenvalue weighted by Crippen LogP contribution is -2.71. The van der Waals surface area contributed by atoms with Gasteiger partial charge < -0.3 is 19.3 Å². The second-order valence-electron chi connectivity index (χ2n) is 3.42. The number of esters is 1. The summed E-state index contributed by atoms with van der Waals surface area (Å²) in [5, 5.41) is 10.8. The molecule has 0 aliphatic heterocycles. The summed E-state index contributed by atoms with van der Waals surface area (Å²) in [7, 11) is 1.34. The van der Waals surface area contributed by atoms with Crippen LogP contribution in [0.1, 0.15) is 0 Å². The van der Waals surface area contributed by atoms with Crippen LogP contribution in [0.15, 0.2) is 0 Å². The Bertz CT molecular complexity index is 299. The minimum atomic E-state index is -6.36. The number of hydrogen-bond donors (Lipinski definition) is 0. The molecule has 120 valence electrons. The molecule has 5 nitrogen and oxygen atoms in total. The SMILES string of the molecule is COCCOCCOC(=O)C([O-])(C(F)(F)F)C(F)(F)F. The third-order valence-corrected chi connectivity index (χ3v) is 1.98. The van der Waals surface area contributed by atoms with E-state index in [1.54, 1.807) is 0 Å². The standard InChI is InChI=1S/C9H11F6O5/c1-18-2-3-19-4-5-20-6(16)7(17,8(10,11)12)9(13,14)15/h2-5H2,1H3/q-1.